The van der Waals surface area contributed by atoms with Crippen molar-refractivity contribution in [2.75, 3.05) is 13.1 Å². The number of hydrogen-bond donors (Lipinski definition) is 1. The summed E-state index contributed by atoms with van der Waals surface area (Å²) in [5, 5.41) is 18.2. The van der Waals surface area contributed by atoms with Crippen molar-refractivity contribution in [3.8, 4) is 5.75 Å². The molecule has 0 amide bonds. The summed E-state index contributed by atoms with van der Waals surface area (Å²) in [6.45, 7) is 4.94. The normalized spacial score (nSPS) is 11.0. The fourth-order valence-corrected chi connectivity index (χ4v) is 3.45. The van der Waals surface area contributed by atoms with Gasteiger partial charge in [-0.05, 0) is 25.0 Å². The van der Waals surface area contributed by atoms with E-state index in [-0.39, 0.29) is 28.7 Å². The number of diazo groups is 1. The quantitative estimate of drug-likeness (QED) is 0.693. The number of halogens is 1. The lowest BCUT2D eigenvalue weighted by Gasteiger charge is -2.21. The van der Waals surface area contributed by atoms with E-state index in [0.29, 0.717) is 13.1 Å². The van der Waals surface area contributed by atoms with Gasteiger partial charge < -0.3 is 17.5 Å². The Morgan fingerprint density at radius 1 is 1.18 bits per heavy atom. The molecule has 22 heavy (non-hydrogen) atoms. The Bertz CT molecular complexity index is 606. The van der Waals surface area contributed by atoms with Crippen LogP contribution >= 0.6 is 0 Å². The first kappa shape index (κ1) is 20.6. The van der Waals surface area contributed by atoms with Crippen LogP contribution in [0.2, 0.25) is 0 Å². The van der Waals surface area contributed by atoms with Gasteiger partial charge in [0.1, 0.15) is 0 Å². The smallest absolute Gasteiger partial charge is 0.427 e. The number of unbranched alkanes of at least 4 members (excludes halogenated alkanes) is 2. The van der Waals surface area contributed by atoms with Crippen molar-refractivity contribution in [2.45, 2.75) is 44.4 Å². The molecule has 0 aliphatic heterocycles. The molecule has 0 saturated carbocycles. The number of rotatable bonds is 8. The third kappa shape index (κ3) is 5.13. The number of phenolic OH excluding ortho intramolecular Hbond substituents is 1. The van der Waals surface area contributed by atoms with Crippen LogP contribution in [0.5, 0.6) is 5.75 Å². The molecule has 124 valence electrons. The molecular formula is C14H22ClN3O3S. The molecule has 0 radical (unpaired) electrons. The predicted octanol–water partition coefficient (Wildman–Crippen LogP) is 0.472. The van der Waals surface area contributed by atoms with Crippen LogP contribution in [0, 0.1) is 5.39 Å². The maximum Gasteiger partial charge on any atom is 0.427 e. The van der Waals surface area contributed by atoms with E-state index in [2.05, 4.69) is 4.98 Å². The SMILES string of the molecule is CCCCN(CCCC)S(=O)(=O)c1ccc(O)c([N+]#N)c1.[Cl-]. The first-order valence-corrected chi connectivity index (χ1v) is 8.59. The first-order chi connectivity index (χ1) is 9.97. The fraction of sp³-hybridized carbons (Fsp3) is 0.571. The number of benzene rings is 1. The molecule has 1 aromatic carbocycles. The van der Waals surface area contributed by atoms with Gasteiger partial charge in [-0.15, -0.1) is 0 Å². The van der Waals surface area contributed by atoms with Crippen molar-refractivity contribution in [1.29, 1.82) is 5.39 Å². The van der Waals surface area contributed by atoms with E-state index in [9.17, 15) is 13.5 Å². The van der Waals surface area contributed by atoms with Crippen molar-refractivity contribution in [3.63, 3.8) is 0 Å². The Morgan fingerprint density at radius 3 is 2.18 bits per heavy atom. The van der Waals surface area contributed by atoms with E-state index in [1.54, 1.807) is 0 Å². The number of nitrogens with zero attached hydrogens (tertiary/aromatic N) is 3. The van der Waals surface area contributed by atoms with Crippen molar-refractivity contribution in [2.24, 2.45) is 0 Å². The van der Waals surface area contributed by atoms with E-state index in [4.69, 9.17) is 5.39 Å². The van der Waals surface area contributed by atoms with Crippen LogP contribution in [-0.4, -0.2) is 30.9 Å². The van der Waals surface area contributed by atoms with Crippen LogP contribution in [0.25, 0.3) is 4.98 Å². The standard InChI is InChI=1S/C14H21N3O3S.ClH/c1-3-5-9-17(10-6-4-2)21(19,20)12-7-8-14(18)13(11-12)16-15;/h7-8,11H,3-6,9-10H2,1-2H3;1H. The van der Waals surface area contributed by atoms with E-state index in [1.165, 1.54) is 22.5 Å². The number of hydrogen-bond acceptors (Lipinski definition) is 4. The van der Waals surface area contributed by atoms with Crippen molar-refractivity contribution >= 4 is 15.7 Å². The highest BCUT2D eigenvalue weighted by molar-refractivity contribution is 7.89. The molecule has 0 unspecified atom stereocenters. The van der Waals surface area contributed by atoms with Gasteiger partial charge in [-0.3, -0.25) is 0 Å². The Kier molecular flexibility index (Phi) is 9.02. The average molecular weight is 348 g/mol. The van der Waals surface area contributed by atoms with Gasteiger partial charge in [-0.25, -0.2) is 8.42 Å². The largest absolute Gasteiger partial charge is 1.00 e. The lowest BCUT2D eigenvalue weighted by Crippen LogP contribution is -3.00. The minimum atomic E-state index is -3.64. The molecule has 0 saturated heterocycles. The van der Waals surface area contributed by atoms with E-state index in [1.807, 2.05) is 13.8 Å². The second kappa shape index (κ2) is 9.62. The molecule has 1 rings (SSSR count). The van der Waals surface area contributed by atoms with E-state index < -0.39 is 10.0 Å². The zero-order valence-electron chi connectivity index (χ0n) is 12.9. The molecule has 0 bridgehead atoms. The molecule has 0 fully saturated rings. The molecular weight excluding hydrogens is 326 g/mol. The topological polar surface area (TPSA) is 85.8 Å². The highest BCUT2D eigenvalue weighted by atomic mass is 35.5. The summed E-state index contributed by atoms with van der Waals surface area (Å²) >= 11 is 0. The van der Waals surface area contributed by atoms with Crippen LogP contribution in [0.4, 0.5) is 5.69 Å². The van der Waals surface area contributed by atoms with E-state index in [0.717, 1.165) is 25.7 Å². The third-order valence-electron chi connectivity index (χ3n) is 3.21. The minimum Gasteiger partial charge on any atom is -1.00 e. The summed E-state index contributed by atoms with van der Waals surface area (Å²) in [5.41, 5.74) is -0.151. The molecule has 1 aromatic rings. The molecule has 6 nitrogen and oxygen atoms in total. The van der Waals surface area contributed by atoms with Gasteiger partial charge in [0, 0.05) is 13.1 Å². The van der Waals surface area contributed by atoms with Crippen LogP contribution in [0.3, 0.4) is 0 Å². The van der Waals surface area contributed by atoms with Crippen LogP contribution in [0.1, 0.15) is 39.5 Å². The maximum atomic E-state index is 12.6. The second-order valence-electron chi connectivity index (χ2n) is 4.86. The van der Waals surface area contributed by atoms with Crippen LogP contribution in [0.15, 0.2) is 23.1 Å². The lowest BCUT2D eigenvalue weighted by atomic mass is 10.3. The summed E-state index contributed by atoms with van der Waals surface area (Å²) in [6.07, 6.45) is 3.40. The van der Waals surface area contributed by atoms with Crippen LogP contribution < -0.4 is 12.4 Å². The molecule has 0 heterocycles. The van der Waals surface area contributed by atoms with Gasteiger partial charge in [-0.1, -0.05) is 26.7 Å². The monoisotopic (exact) mass is 347 g/mol. The Balaban J connectivity index is 0.00000441. The average Bonchev–Trinajstić information content (AvgIpc) is 2.47. The Hall–Kier alpha value is -1.36. The minimum absolute atomic E-state index is 0. The number of phenols is 1. The predicted molar refractivity (Wildman–Crippen MR) is 81.4 cm³/mol. The molecule has 0 aliphatic carbocycles. The number of aromatic hydroxyl groups is 1. The summed E-state index contributed by atoms with van der Waals surface area (Å²) in [4.78, 5) is 2.92. The highest BCUT2D eigenvalue weighted by Gasteiger charge is 2.27. The maximum absolute atomic E-state index is 12.6. The molecule has 0 aromatic heterocycles. The van der Waals surface area contributed by atoms with Gasteiger partial charge in [0.05, 0.1) is 11.0 Å². The first-order valence-electron chi connectivity index (χ1n) is 7.15. The van der Waals surface area contributed by atoms with Crippen LogP contribution in [-0.2, 0) is 10.0 Å². The summed E-state index contributed by atoms with van der Waals surface area (Å²) < 4.78 is 26.7. The van der Waals surface area contributed by atoms with Gasteiger partial charge >= 0.3 is 5.69 Å². The Morgan fingerprint density at radius 2 is 1.73 bits per heavy atom. The third-order valence-corrected chi connectivity index (χ3v) is 5.11. The highest BCUT2D eigenvalue weighted by Crippen LogP contribution is 2.30. The van der Waals surface area contributed by atoms with Crippen molar-refractivity contribution < 1.29 is 25.9 Å². The van der Waals surface area contributed by atoms with Gasteiger partial charge in [0.2, 0.25) is 21.2 Å². The van der Waals surface area contributed by atoms with Crippen molar-refractivity contribution in [3.05, 3.63) is 23.2 Å². The summed E-state index contributed by atoms with van der Waals surface area (Å²) in [7, 11) is -3.64. The summed E-state index contributed by atoms with van der Waals surface area (Å²) in [5.74, 6) is -0.259. The lowest BCUT2D eigenvalue weighted by molar-refractivity contribution is -0.00000833. The fourth-order valence-electron chi connectivity index (χ4n) is 1.91. The molecule has 0 atom stereocenters. The van der Waals surface area contributed by atoms with Gasteiger partial charge in [0.15, 0.2) is 4.98 Å². The Labute approximate surface area is 138 Å². The molecule has 0 spiro atoms. The van der Waals surface area contributed by atoms with Crippen molar-refractivity contribution in [1.82, 2.24) is 4.31 Å². The second-order valence-corrected chi connectivity index (χ2v) is 6.80. The van der Waals surface area contributed by atoms with Gasteiger partial charge in [-0.2, -0.15) is 4.31 Å². The molecule has 0 aliphatic rings. The number of sulfonamides is 1. The zero-order valence-corrected chi connectivity index (χ0v) is 14.4. The molecule has 1 N–H and O–H groups in total. The molecule has 8 heteroatoms. The van der Waals surface area contributed by atoms with Gasteiger partial charge in [0.25, 0.3) is 0 Å². The van der Waals surface area contributed by atoms with E-state index >= 15 is 0 Å². The summed E-state index contributed by atoms with van der Waals surface area (Å²) in [6, 6.07) is 3.72. The zero-order chi connectivity index (χ0) is 15.9.